The Morgan fingerprint density at radius 2 is 0.596 bits per heavy atom. The second kappa shape index (κ2) is 54.4. The number of hydrogen-bond donors (Lipinski definition) is 3. The molecule has 0 bridgehead atoms. The number of allylic oxidation sites excluding steroid dienone is 3. The Balaban J connectivity index is 0. The summed E-state index contributed by atoms with van der Waals surface area (Å²) in [7, 11) is 0. The van der Waals surface area contributed by atoms with Crippen LogP contribution < -0.4 is 0 Å². The Labute approximate surface area is 372 Å². The van der Waals surface area contributed by atoms with Crippen LogP contribution >= 0.6 is 31.0 Å². The van der Waals surface area contributed by atoms with E-state index in [4.69, 9.17) is 9.63 Å². The molecule has 0 aliphatic carbocycles. The molecule has 0 saturated heterocycles. The van der Waals surface area contributed by atoms with Crippen LogP contribution in [0.1, 0.15) is 310 Å². The number of hydrogen-bond acceptors (Lipinski definition) is 4. The van der Waals surface area contributed by atoms with Crippen LogP contribution in [0.3, 0.4) is 0 Å². The molecule has 1 N–H and O–H groups in total. The van der Waals surface area contributed by atoms with Crippen molar-refractivity contribution in [3.63, 3.8) is 0 Å². The first kappa shape index (κ1) is 59.5. The zero-order valence-electron chi connectivity index (χ0n) is 39.5. The molecule has 0 saturated carbocycles. The van der Waals surface area contributed by atoms with Crippen molar-refractivity contribution in [2.75, 3.05) is 0 Å². The highest BCUT2D eigenvalue weighted by Crippen LogP contribution is 2.39. The van der Waals surface area contributed by atoms with Crippen molar-refractivity contribution in [3.05, 3.63) is 23.7 Å². The van der Waals surface area contributed by atoms with Crippen LogP contribution in [0.4, 0.5) is 0 Å². The summed E-state index contributed by atoms with van der Waals surface area (Å²) in [5.74, 6) is 1.37. The molecule has 0 unspecified atom stereocenters. The SMILES string of the molecule is CCCCCCCCCCCCC=COC(CCCCCCCCCCCC)=C(CCCCCCCCCCCC)CCCCCCCCCCCC.OP(S)S. The predicted octanol–water partition coefficient (Wildman–Crippen LogP) is 21.1. The Morgan fingerprint density at radius 1 is 0.368 bits per heavy atom. The molecule has 0 aromatic carbocycles. The smallest absolute Gasteiger partial charge is 0.142 e. The van der Waals surface area contributed by atoms with E-state index >= 15 is 0 Å². The lowest BCUT2D eigenvalue weighted by Gasteiger charge is -2.16. The van der Waals surface area contributed by atoms with Gasteiger partial charge in [0.1, 0.15) is 12.3 Å². The lowest BCUT2D eigenvalue weighted by molar-refractivity contribution is 0.315. The zero-order valence-corrected chi connectivity index (χ0v) is 42.1. The van der Waals surface area contributed by atoms with Gasteiger partial charge in [0.25, 0.3) is 0 Å². The van der Waals surface area contributed by atoms with E-state index in [1.807, 2.05) is 0 Å². The van der Waals surface area contributed by atoms with Crippen LogP contribution in [0.5, 0.6) is 0 Å². The van der Waals surface area contributed by atoms with Gasteiger partial charge in [0.05, 0.1) is 6.26 Å². The summed E-state index contributed by atoms with van der Waals surface area (Å²) in [4.78, 5) is 7.85. The molecule has 0 atom stereocenters. The van der Waals surface area contributed by atoms with Crippen LogP contribution in [0.15, 0.2) is 23.7 Å². The summed E-state index contributed by atoms with van der Waals surface area (Å²) in [5, 5.41) is 0. The van der Waals surface area contributed by atoms with Crippen molar-refractivity contribution < 1.29 is 9.63 Å². The van der Waals surface area contributed by atoms with E-state index in [2.05, 4.69) is 64.5 Å². The average molecular weight is 858 g/mol. The number of thiol groups is 2. The van der Waals surface area contributed by atoms with Gasteiger partial charge >= 0.3 is 0 Å². The molecule has 0 heterocycles. The molecule has 57 heavy (non-hydrogen) atoms. The largest absolute Gasteiger partial charge is 0.470 e. The molecule has 2 nitrogen and oxygen atoms in total. The third-order valence-corrected chi connectivity index (χ3v) is 11.8. The first-order chi connectivity index (χ1) is 28.0. The van der Waals surface area contributed by atoms with E-state index in [-0.39, 0.29) is 0 Å². The molecular formula is C52H105O2PS2. The first-order valence-electron chi connectivity index (χ1n) is 25.9. The minimum atomic E-state index is -1.23. The highest BCUT2D eigenvalue weighted by molar-refractivity contribution is 8.76. The lowest BCUT2D eigenvalue weighted by atomic mass is 9.96. The van der Waals surface area contributed by atoms with Gasteiger partial charge in [-0.2, -0.15) is 0 Å². The molecule has 0 aromatic heterocycles. The van der Waals surface area contributed by atoms with Crippen LogP contribution in [-0.2, 0) is 4.74 Å². The molecule has 0 aromatic rings. The van der Waals surface area contributed by atoms with Crippen molar-refractivity contribution in [1.29, 1.82) is 0 Å². The summed E-state index contributed by atoms with van der Waals surface area (Å²) in [5.41, 5.74) is 1.68. The van der Waals surface area contributed by atoms with Crippen molar-refractivity contribution >= 4 is 31.0 Å². The summed E-state index contributed by atoms with van der Waals surface area (Å²) in [6, 6.07) is 0. The van der Waals surface area contributed by atoms with E-state index < -0.39 is 6.55 Å². The predicted molar refractivity (Wildman–Crippen MR) is 270 cm³/mol. The van der Waals surface area contributed by atoms with Gasteiger partial charge < -0.3 is 9.63 Å². The lowest BCUT2D eigenvalue weighted by Crippen LogP contribution is -1.98. The molecule has 0 aliphatic heterocycles. The number of ether oxygens (including phenoxy) is 1. The summed E-state index contributed by atoms with van der Waals surface area (Å²) in [6.45, 7) is 8.05. The van der Waals surface area contributed by atoms with Gasteiger partial charge in [0, 0.05) is 6.42 Å². The maximum atomic E-state index is 7.85. The number of unbranched alkanes of at least 4 members (excludes halogenated alkanes) is 37. The molecule has 342 valence electrons. The molecule has 0 aliphatic rings. The van der Waals surface area contributed by atoms with Crippen molar-refractivity contribution in [2.24, 2.45) is 0 Å². The van der Waals surface area contributed by atoms with Crippen molar-refractivity contribution in [3.8, 4) is 0 Å². The van der Waals surface area contributed by atoms with Crippen LogP contribution in [0.2, 0.25) is 0 Å². The van der Waals surface area contributed by atoms with Crippen LogP contribution in [-0.4, -0.2) is 4.89 Å². The van der Waals surface area contributed by atoms with Crippen LogP contribution in [0, 0.1) is 0 Å². The normalized spacial score (nSPS) is 11.4. The second-order valence-electron chi connectivity index (χ2n) is 17.6. The standard InChI is InChI=1S/C52H102O.H3OPS2/c1-5-9-13-17-21-25-29-30-34-38-42-46-50-53-52(49-45-41-37-33-28-24-20-16-12-8-4)51(47-43-39-35-31-26-22-18-14-10-6-2)48-44-40-36-32-27-23-19-15-11-7-3;1-2(3)4/h46,50H,5-45,47-49H2,1-4H3;1,3-4H. The molecule has 0 radical (unpaired) electrons. The van der Waals surface area contributed by atoms with Gasteiger partial charge in [-0.1, -0.05) is 259 Å². The Kier molecular flexibility index (Phi) is 56.7. The van der Waals surface area contributed by atoms with E-state index in [1.165, 1.54) is 282 Å². The third-order valence-electron chi connectivity index (χ3n) is 11.8. The Bertz CT molecular complexity index is 757. The molecule has 0 spiro atoms. The van der Waals surface area contributed by atoms with Crippen molar-refractivity contribution in [1.82, 2.24) is 0 Å². The average Bonchev–Trinajstić information content (AvgIpc) is 3.20. The van der Waals surface area contributed by atoms with Gasteiger partial charge in [-0.25, -0.2) is 0 Å². The maximum absolute atomic E-state index is 7.85. The topological polar surface area (TPSA) is 29.5 Å². The van der Waals surface area contributed by atoms with Gasteiger partial charge in [-0.15, -0.1) is 24.5 Å². The number of rotatable bonds is 46. The first-order valence-corrected chi connectivity index (χ1v) is 29.5. The molecule has 5 heteroatoms. The molecule has 0 rings (SSSR count). The minimum Gasteiger partial charge on any atom is -0.470 e. The summed E-state index contributed by atoms with van der Waals surface area (Å²) in [6.07, 6.45) is 65.8. The Morgan fingerprint density at radius 3 is 0.877 bits per heavy atom. The molecule has 0 fully saturated rings. The molecule has 0 amide bonds. The van der Waals surface area contributed by atoms with E-state index in [0.717, 1.165) is 6.42 Å². The zero-order chi connectivity index (χ0) is 42.0. The highest BCUT2D eigenvalue weighted by Gasteiger charge is 2.10. The molecular weight excluding hydrogens is 752 g/mol. The fourth-order valence-electron chi connectivity index (χ4n) is 8.10. The van der Waals surface area contributed by atoms with Crippen molar-refractivity contribution in [2.45, 2.75) is 310 Å². The minimum absolute atomic E-state index is 1.16. The Hall–Kier alpha value is 0.370. The fourth-order valence-corrected chi connectivity index (χ4v) is 8.10. The monoisotopic (exact) mass is 857 g/mol. The van der Waals surface area contributed by atoms with Gasteiger partial charge in [-0.05, 0) is 56.6 Å². The van der Waals surface area contributed by atoms with E-state index in [1.54, 1.807) is 5.57 Å². The maximum Gasteiger partial charge on any atom is 0.142 e. The van der Waals surface area contributed by atoms with Gasteiger partial charge in [0.15, 0.2) is 0 Å². The quantitative estimate of drug-likeness (QED) is 0.0246. The van der Waals surface area contributed by atoms with E-state index in [9.17, 15) is 0 Å². The van der Waals surface area contributed by atoms with Crippen LogP contribution in [0.25, 0.3) is 0 Å². The highest BCUT2D eigenvalue weighted by atomic mass is 33.1. The van der Waals surface area contributed by atoms with Gasteiger partial charge in [-0.3, -0.25) is 0 Å². The third kappa shape index (κ3) is 54.4. The summed E-state index contributed by atoms with van der Waals surface area (Å²) >= 11 is 6.90. The summed E-state index contributed by atoms with van der Waals surface area (Å²) < 4.78 is 6.66. The van der Waals surface area contributed by atoms with E-state index in [0.29, 0.717) is 0 Å². The fraction of sp³-hybridized carbons (Fsp3) is 0.923. The second-order valence-corrected chi connectivity index (χ2v) is 21.3. The van der Waals surface area contributed by atoms with Gasteiger partial charge in [0.2, 0.25) is 0 Å².